The molecule has 8 heteroatoms. The van der Waals surface area contributed by atoms with Gasteiger partial charge in [-0.15, -0.1) is 8.77 Å². The summed E-state index contributed by atoms with van der Waals surface area (Å²) in [6.07, 6.45) is 0.315. The molecule has 0 radical (unpaired) electrons. The highest BCUT2D eigenvalue weighted by molar-refractivity contribution is 6.04. The zero-order chi connectivity index (χ0) is 19.8. The van der Waals surface area contributed by atoms with Gasteiger partial charge in [-0.25, -0.2) is 0 Å². The summed E-state index contributed by atoms with van der Waals surface area (Å²) in [7, 11) is 0. The van der Waals surface area contributed by atoms with Crippen LogP contribution in [0.3, 0.4) is 0 Å². The van der Waals surface area contributed by atoms with Crippen LogP contribution in [0.25, 0.3) is 0 Å². The largest absolute Gasteiger partial charge is 0.416 e. The van der Waals surface area contributed by atoms with Crippen LogP contribution in [0.4, 0.5) is 13.2 Å². The Morgan fingerprint density at radius 3 is 2.32 bits per heavy atom. The van der Waals surface area contributed by atoms with Crippen LogP contribution in [0.1, 0.15) is 35.6 Å². The van der Waals surface area contributed by atoms with Crippen molar-refractivity contribution in [3.63, 3.8) is 0 Å². The monoisotopic (exact) mass is 408 g/mol. The molecule has 0 N–H and O–H groups in total. The van der Waals surface area contributed by atoms with Crippen LogP contribution in [-0.4, -0.2) is 9.78 Å². The highest BCUT2D eigenvalue weighted by Gasteiger charge is 2.58. The van der Waals surface area contributed by atoms with E-state index in [1.807, 2.05) is 35.0 Å². The Hall–Kier alpha value is -2.38. The average molecular weight is 409 g/mol. The van der Waals surface area contributed by atoms with E-state index < -0.39 is 11.7 Å². The van der Waals surface area contributed by atoms with E-state index in [1.54, 1.807) is 6.33 Å². The van der Waals surface area contributed by atoms with E-state index in [9.17, 15) is 13.2 Å². The summed E-state index contributed by atoms with van der Waals surface area (Å²) in [6.45, 7) is 0.196. The first-order valence-corrected chi connectivity index (χ1v) is 9.17. The molecule has 4 nitrogen and oxygen atoms in total. The molecule has 1 fully saturated rings. The minimum absolute atomic E-state index is 0.196. The number of nitrogens with zero attached hydrogens (tertiary/aromatic N) is 3. The molecule has 1 heterocycles. The molecule has 1 unspecified atom stereocenters. The van der Waals surface area contributed by atoms with Crippen molar-refractivity contribution in [2.45, 2.75) is 37.3 Å². The molecule has 1 aromatic heterocycles. The molecule has 28 heavy (non-hydrogen) atoms. The quantitative estimate of drug-likeness (QED) is 0.595. The van der Waals surface area contributed by atoms with Gasteiger partial charge in [-0.2, -0.15) is 13.2 Å². The van der Waals surface area contributed by atoms with Crippen LogP contribution < -0.4 is 4.09 Å². The number of benzene rings is 2. The molecule has 146 valence electrons. The fourth-order valence-electron chi connectivity index (χ4n) is 3.40. The van der Waals surface area contributed by atoms with Crippen LogP contribution in [0.2, 0.25) is 0 Å². The van der Waals surface area contributed by atoms with E-state index in [0.29, 0.717) is 5.56 Å². The van der Waals surface area contributed by atoms with Crippen molar-refractivity contribution in [3.8, 4) is 0 Å². The summed E-state index contributed by atoms with van der Waals surface area (Å²) < 4.78 is 47.7. The second-order valence-corrected chi connectivity index (χ2v) is 7.33. The standard InChI is InChI=1S/C20H18ClF3N3O/c21-26-13-25-27(14-26)19(10-11-19)18(16-4-2-1-3-5-16)28-12-15-6-8-17(9-7-15)20(22,23)24/h1-9,13-14,18H,10-12H2/q+1. The number of hydrogen-bond acceptors (Lipinski definition) is 2. The number of rotatable bonds is 6. The molecule has 1 aliphatic carbocycles. The molecule has 1 atom stereocenters. The number of ether oxygens (including phenoxy) is 1. The van der Waals surface area contributed by atoms with Gasteiger partial charge in [-0.3, -0.25) is 0 Å². The van der Waals surface area contributed by atoms with Gasteiger partial charge in [0.05, 0.1) is 12.2 Å². The van der Waals surface area contributed by atoms with Crippen molar-refractivity contribution in [2.75, 3.05) is 0 Å². The smallest absolute Gasteiger partial charge is 0.365 e. The number of alkyl halides is 3. The predicted octanol–water partition coefficient (Wildman–Crippen LogP) is 4.64. The van der Waals surface area contributed by atoms with Crippen LogP contribution in [0.15, 0.2) is 67.3 Å². The van der Waals surface area contributed by atoms with Gasteiger partial charge in [0.15, 0.2) is 5.54 Å². The normalized spacial score (nSPS) is 16.7. The Labute approximate surface area is 165 Å². The van der Waals surface area contributed by atoms with E-state index in [-0.39, 0.29) is 18.2 Å². The molecule has 1 saturated carbocycles. The number of hydrogen-bond donors (Lipinski definition) is 0. The third-order valence-electron chi connectivity index (χ3n) is 5.01. The zero-order valence-corrected chi connectivity index (χ0v) is 15.6. The first-order valence-electron chi connectivity index (χ1n) is 8.84. The maximum Gasteiger partial charge on any atom is 0.416 e. The summed E-state index contributed by atoms with van der Waals surface area (Å²) in [5.74, 6) is 0. The molecule has 4 rings (SSSR count). The minimum atomic E-state index is -4.35. The van der Waals surface area contributed by atoms with Crippen molar-refractivity contribution in [3.05, 3.63) is 83.9 Å². The van der Waals surface area contributed by atoms with Crippen LogP contribution in [0.5, 0.6) is 0 Å². The van der Waals surface area contributed by atoms with Gasteiger partial charge in [0.25, 0.3) is 6.33 Å². The molecule has 0 bridgehead atoms. The van der Waals surface area contributed by atoms with Gasteiger partial charge in [-0.05, 0) is 36.1 Å². The van der Waals surface area contributed by atoms with Crippen molar-refractivity contribution in [1.82, 2.24) is 9.78 Å². The third-order valence-corrected chi connectivity index (χ3v) is 5.19. The molecule has 0 amide bonds. The molecule has 0 saturated heterocycles. The predicted molar refractivity (Wildman–Crippen MR) is 96.3 cm³/mol. The van der Waals surface area contributed by atoms with E-state index in [2.05, 4.69) is 5.10 Å². The lowest BCUT2D eigenvalue weighted by Crippen LogP contribution is -2.29. The highest BCUT2D eigenvalue weighted by atomic mass is 35.5. The second-order valence-electron chi connectivity index (χ2n) is 6.94. The Bertz CT molecular complexity index is 937. The van der Waals surface area contributed by atoms with Crippen LogP contribution in [-0.2, 0) is 23.1 Å². The maximum absolute atomic E-state index is 12.8. The van der Waals surface area contributed by atoms with Gasteiger partial charge in [0.1, 0.15) is 17.9 Å². The summed E-state index contributed by atoms with van der Waals surface area (Å²) in [6, 6.07) is 14.8. The fraction of sp³-hybridized carbons (Fsp3) is 0.300. The molecule has 2 aromatic carbocycles. The minimum Gasteiger partial charge on any atom is -0.365 e. The van der Waals surface area contributed by atoms with Gasteiger partial charge in [0.2, 0.25) is 6.33 Å². The summed E-state index contributed by atoms with van der Waals surface area (Å²) >= 11 is 5.97. The summed E-state index contributed by atoms with van der Waals surface area (Å²) in [5, 5.41) is 4.33. The topological polar surface area (TPSA) is 30.9 Å². The SMILES string of the molecule is FC(F)(F)c1ccc(COC(c2ccccc2)C2(n3c[n+](Cl)cn3)CC2)cc1. The Kier molecular flexibility index (Phi) is 4.89. The number of halogens is 4. The Morgan fingerprint density at radius 1 is 1.11 bits per heavy atom. The van der Waals surface area contributed by atoms with E-state index in [0.717, 1.165) is 30.5 Å². The van der Waals surface area contributed by atoms with Crippen molar-refractivity contribution in [2.24, 2.45) is 0 Å². The second kappa shape index (κ2) is 7.22. The molecular formula is C20H18ClF3N3O+. The molecule has 0 spiro atoms. The summed E-state index contributed by atoms with van der Waals surface area (Å²) in [4.78, 5) is 0. The summed E-state index contributed by atoms with van der Waals surface area (Å²) in [5.41, 5.74) is 0.645. The van der Waals surface area contributed by atoms with Gasteiger partial charge >= 0.3 is 6.18 Å². The Balaban J connectivity index is 1.57. The fourth-order valence-corrected chi connectivity index (χ4v) is 3.52. The molecule has 1 aliphatic rings. The lowest BCUT2D eigenvalue weighted by Gasteiger charge is -2.24. The average Bonchev–Trinajstić information content (AvgIpc) is 3.36. The van der Waals surface area contributed by atoms with Gasteiger partial charge in [0, 0.05) is 5.10 Å². The number of aromatic nitrogens is 3. The lowest BCUT2D eigenvalue weighted by molar-refractivity contribution is -0.520. The Morgan fingerprint density at radius 2 is 1.79 bits per heavy atom. The van der Waals surface area contributed by atoms with E-state index >= 15 is 0 Å². The first-order chi connectivity index (χ1) is 13.4. The van der Waals surface area contributed by atoms with Crippen LogP contribution >= 0.6 is 11.8 Å². The maximum atomic E-state index is 12.8. The van der Waals surface area contributed by atoms with Crippen molar-refractivity contribution < 1.29 is 22.0 Å². The van der Waals surface area contributed by atoms with Crippen molar-refractivity contribution >= 4 is 11.8 Å². The van der Waals surface area contributed by atoms with Gasteiger partial charge in [-0.1, -0.05) is 42.5 Å². The highest BCUT2D eigenvalue weighted by Crippen LogP contribution is 2.54. The van der Waals surface area contributed by atoms with Gasteiger partial charge < -0.3 is 4.74 Å². The van der Waals surface area contributed by atoms with E-state index in [1.165, 1.54) is 22.5 Å². The molecular weight excluding hydrogens is 391 g/mol. The first kappa shape index (κ1) is 19.0. The van der Waals surface area contributed by atoms with E-state index in [4.69, 9.17) is 16.5 Å². The van der Waals surface area contributed by atoms with Crippen molar-refractivity contribution in [1.29, 1.82) is 0 Å². The molecule has 0 aliphatic heterocycles. The molecule has 3 aromatic rings. The zero-order valence-electron chi connectivity index (χ0n) is 14.8. The third kappa shape index (κ3) is 3.77. The van der Waals surface area contributed by atoms with Crippen LogP contribution in [0, 0.1) is 0 Å². The lowest BCUT2D eigenvalue weighted by atomic mass is 10.00.